The number of hydrogen-bond donors (Lipinski definition) is 4. The van der Waals surface area contributed by atoms with Crippen LogP contribution in [-0.4, -0.2) is 68.8 Å². The topological polar surface area (TPSA) is 115 Å². The predicted molar refractivity (Wildman–Crippen MR) is 176 cm³/mol. The van der Waals surface area contributed by atoms with Gasteiger partial charge in [0.1, 0.15) is 0 Å². The maximum Gasteiger partial charge on any atom is 0.237 e. The quantitative estimate of drug-likeness (QED) is 0.273. The smallest absolute Gasteiger partial charge is 0.237 e. The fraction of sp³-hybridized carbons (Fsp3) is 0.486. The van der Waals surface area contributed by atoms with Crippen molar-refractivity contribution in [3.8, 4) is 0 Å². The van der Waals surface area contributed by atoms with Gasteiger partial charge in [-0.25, -0.2) is 0 Å². The number of β-amino-alcohol motifs (C(OH)–C–C–N with tert-alkyl or cyclic N) is 1. The summed E-state index contributed by atoms with van der Waals surface area (Å²) < 4.78 is 0. The van der Waals surface area contributed by atoms with Crippen LogP contribution in [-0.2, 0) is 22.4 Å². The molecule has 2 amide bonds. The van der Waals surface area contributed by atoms with E-state index in [1.165, 1.54) is 0 Å². The minimum atomic E-state index is -0.826. The Balaban J connectivity index is 1.31. The molecular formula is C37H48N4O4. The Kier molecular flexibility index (Phi) is 10.4. The number of aliphatic hydroxyl groups excluding tert-OH is 2. The normalized spacial score (nSPS) is 23.2. The first-order chi connectivity index (χ1) is 21.5. The second kappa shape index (κ2) is 14.2. The molecule has 8 heteroatoms. The molecule has 2 aromatic carbocycles. The maximum atomic E-state index is 13.8. The molecule has 1 aromatic heterocycles. The average molecular weight is 613 g/mol. The Morgan fingerprint density at radius 3 is 2.49 bits per heavy atom. The van der Waals surface area contributed by atoms with Crippen molar-refractivity contribution in [2.45, 2.75) is 95.5 Å². The van der Waals surface area contributed by atoms with E-state index < -0.39 is 30.2 Å². The first-order valence-electron chi connectivity index (χ1n) is 16.2. The van der Waals surface area contributed by atoms with Crippen molar-refractivity contribution in [3.63, 3.8) is 0 Å². The zero-order valence-corrected chi connectivity index (χ0v) is 26.9. The number of hydrogen-bond acceptors (Lipinski definition) is 6. The first-order valence-corrected chi connectivity index (χ1v) is 16.2. The van der Waals surface area contributed by atoms with Gasteiger partial charge in [-0.2, -0.15) is 0 Å². The van der Waals surface area contributed by atoms with E-state index in [9.17, 15) is 19.8 Å². The van der Waals surface area contributed by atoms with E-state index in [1.54, 1.807) is 0 Å². The Labute approximate surface area is 267 Å². The molecule has 6 atom stereocenters. The molecule has 1 aliphatic carbocycles. The van der Waals surface area contributed by atoms with Gasteiger partial charge in [-0.05, 0) is 94.2 Å². The third-order valence-electron chi connectivity index (χ3n) is 9.12. The fourth-order valence-corrected chi connectivity index (χ4v) is 6.86. The molecule has 2 heterocycles. The third kappa shape index (κ3) is 8.57. The highest BCUT2D eigenvalue weighted by atomic mass is 16.3. The van der Waals surface area contributed by atoms with Gasteiger partial charge < -0.3 is 20.8 Å². The van der Waals surface area contributed by atoms with Crippen molar-refractivity contribution in [1.82, 2.24) is 20.5 Å². The molecule has 1 saturated heterocycles. The Morgan fingerprint density at radius 1 is 1.04 bits per heavy atom. The van der Waals surface area contributed by atoms with Crippen molar-refractivity contribution >= 4 is 11.8 Å². The van der Waals surface area contributed by atoms with Crippen LogP contribution in [0.1, 0.15) is 79.9 Å². The molecule has 1 aliphatic heterocycles. The SMILES string of the molecule is Cc1ccc(C2CCN(CC(O)CC(Cc3ccccc3)C(=O)N[C@H]3c4ccccc4C[C@H]3O)[C@@H](C(=O)NC(C)(C)C)C2)cn1. The number of piperidine rings is 1. The number of carbonyl (C=O) groups is 2. The van der Waals surface area contributed by atoms with Gasteiger partial charge in [0.05, 0.1) is 24.3 Å². The number of amides is 2. The van der Waals surface area contributed by atoms with Crippen LogP contribution in [0.4, 0.5) is 0 Å². The Bertz CT molecular complexity index is 1440. The van der Waals surface area contributed by atoms with E-state index in [4.69, 9.17) is 0 Å². The number of likely N-dealkylation sites (tertiary alicyclic amines) is 1. The monoisotopic (exact) mass is 612 g/mol. The van der Waals surface area contributed by atoms with E-state index in [2.05, 4.69) is 26.6 Å². The van der Waals surface area contributed by atoms with Gasteiger partial charge in [0.15, 0.2) is 0 Å². The molecule has 0 radical (unpaired) electrons. The fourth-order valence-electron chi connectivity index (χ4n) is 6.86. The molecule has 3 aromatic rings. The van der Waals surface area contributed by atoms with E-state index in [1.807, 2.05) is 94.6 Å². The average Bonchev–Trinajstić information content (AvgIpc) is 3.31. The summed E-state index contributed by atoms with van der Waals surface area (Å²) >= 11 is 0. The van der Waals surface area contributed by atoms with E-state index >= 15 is 0 Å². The molecule has 1 fully saturated rings. The number of benzene rings is 2. The number of aromatic nitrogens is 1. The van der Waals surface area contributed by atoms with Crippen molar-refractivity contribution in [2.75, 3.05) is 13.1 Å². The van der Waals surface area contributed by atoms with Crippen LogP contribution in [0.25, 0.3) is 0 Å². The van der Waals surface area contributed by atoms with Crippen molar-refractivity contribution in [1.29, 1.82) is 0 Å². The summed E-state index contributed by atoms with van der Waals surface area (Å²) in [6.07, 6.45) is 3.07. The van der Waals surface area contributed by atoms with E-state index in [-0.39, 0.29) is 36.2 Å². The zero-order valence-electron chi connectivity index (χ0n) is 26.9. The van der Waals surface area contributed by atoms with Crippen molar-refractivity contribution < 1.29 is 19.8 Å². The number of nitrogens with zero attached hydrogens (tertiary/aromatic N) is 2. The first kappa shape index (κ1) is 32.8. The minimum Gasteiger partial charge on any atom is -0.392 e. The lowest BCUT2D eigenvalue weighted by Crippen LogP contribution is -2.56. The summed E-state index contributed by atoms with van der Waals surface area (Å²) in [7, 11) is 0. The van der Waals surface area contributed by atoms with Crippen LogP contribution >= 0.6 is 0 Å². The molecule has 0 bridgehead atoms. The lowest BCUT2D eigenvalue weighted by Gasteiger charge is -2.41. The van der Waals surface area contributed by atoms with Gasteiger partial charge in [-0.3, -0.25) is 19.5 Å². The summed E-state index contributed by atoms with van der Waals surface area (Å²) in [5.74, 6) is -0.557. The van der Waals surface area contributed by atoms with Gasteiger partial charge in [-0.1, -0.05) is 60.7 Å². The van der Waals surface area contributed by atoms with E-state index in [0.717, 1.165) is 34.4 Å². The Hall–Kier alpha value is -3.59. The van der Waals surface area contributed by atoms with Crippen molar-refractivity contribution in [2.24, 2.45) is 5.92 Å². The number of fused-ring (bicyclic) bond motifs is 1. The summed E-state index contributed by atoms with van der Waals surface area (Å²) in [5, 5.41) is 28.6. The molecule has 0 saturated carbocycles. The molecule has 0 spiro atoms. The molecule has 4 N–H and O–H groups in total. The van der Waals surface area contributed by atoms with Gasteiger partial charge in [0.2, 0.25) is 11.8 Å². The lowest BCUT2D eigenvalue weighted by atomic mass is 9.84. The standard InChI is InChI=1S/C37H48N4O4/c1-24-14-15-28(22-38-24)26-16-17-41(32(20-26)36(45)40-37(2,3)4)23-30(42)19-29(18-25-10-6-5-7-11-25)35(44)39-34-31-13-9-8-12-27(31)21-33(34)43/h5-15,22,26,29-30,32-34,42-43H,16-21,23H2,1-4H3,(H,39,44)(H,40,45)/t26?,29?,30?,32-,33-,34+/m1/s1. The van der Waals surface area contributed by atoms with Gasteiger partial charge in [-0.15, -0.1) is 0 Å². The van der Waals surface area contributed by atoms with Crippen LogP contribution in [0.3, 0.4) is 0 Å². The van der Waals surface area contributed by atoms with Crippen LogP contribution in [0.15, 0.2) is 72.9 Å². The molecule has 5 rings (SSSR count). The summed E-state index contributed by atoms with van der Waals surface area (Å²) in [6, 6.07) is 20.8. The summed E-state index contributed by atoms with van der Waals surface area (Å²) in [4.78, 5) is 34.0. The zero-order chi connectivity index (χ0) is 32.1. The van der Waals surface area contributed by atoms with Gasteiger partial charge in [0.25, 0.3) is 0 Å². The number of nitrogens with one attached hydrogen (secondary N) is 2. The summed E-state index contributed by atoms with van der Waals surface area (Å²) in [5.41, 5.74) is 4.69. The van der Waals surface area contributed by atoms with Crippen LogP contribution < -0.4 is 10.6 Å². The number of carbonyl (C=O) groups excluding carboxylic acids is 2. The predicted octanol–water partition coefficient (Wildman–Crippen LogP) is 4.24. The molecule has 2 aliphatic rings. The third-order valence-corrected chi connectivity index (χ3v) is 9.12. The maximum absolute atomic E-state index is 13.8. The second-order valence-electron chi connectivity index (χ2n) is 13.9. The highest BCUT2D eigenvalue weighted by Crippen LogP contribution is 2.34. The van der Waals surface area contributed by atoms with Crippen LogP contribution in [0.2, 0.25) is 0 Å². The molecule has 240 valence electrons. The molecule has 8 nitrogen and oxygen atoms in total. The van der Waals surface area contributed by atoms with Crippen LogP contribution in [0, 0.1) is 12.8 Å². The number of pyridine rings is 1. The van der Waals surface area contributed by atoms with E-state index in [0.29, 0.717) is 25.8 Å². The second-order valence-corrected chi connectivity index (χ2v) is 13.9. The lowest BCUT2D eigenvalue weighted by molar-refractivity contribution is -0.131. The number of aryl methyl sites for hydroxylation is 1. The van der Waals surface area contributed by atoms with Crippen molar-refractivity contribution in [3.05, 3.63) is 101 Å². The molecule has 3 unspecified atom stereocenters. The number of rotatable bonds is 10. The molecule has 45 heavy (non-hydrogen) atoms. The highest BCUT2D eigenvalue weighted by molar-refractivity contribution is 5.82. The van der Waals surface area contributed by atoms with Gasteiger partial charge >= 0.3 is 0 Å². The molecular weight excluding hydrogens is 564 g/mol. The van der Waals surface area contributed by atoms with Crippen LogP contribution in [0.5, 0.6) is 0 Å². The Morgan fingerprint density at radius 2 is 1.78 bits per heavy atom. The van der Waals surface area contributed by atoms with Gasteiger partial charge in [0, 0.05) is 36.3 Å². The number of aliphatic hydroxyl groups is 2. The minimum absolute atomic E-state index is 0.0491. The summed E-state index contributed by atoms with van der Waals surface area (Å²) in [6.45, 7) is 8.82. The highest BCUT2D eigenvalue weighted by Gasteiger charge is 2.38. The largest absolute Gasteiger partial charge is 0.392 e.